The van der Waals surface area contributed by atoms with Gasteiger partial charge in [0.1, 0.15) is 0 Å². The van der Waals surface area contributed by atoms with E-state index in [4.69, 9.17) is 9.72 Å². The maximum atomic E-state index is 13.2. The van der Waals surface area contributed by atoms with Gasteiger partial charge in [0, 0.05) is 20.2 Å². The molecule has 6 nitrogen and oxygen atoms in total. The van der Waals surface area contributed by atoms with Gasteiger partial charge in [-0.25, -0.2) is 4.98 Å². The number of para-hydroxylation sites is 1. The molecule has 2 aromatic carbocycles. The predicted octanol–water partition coefficient (Wildman–Crippen LogP) is 3.71. The number of fused-ring (bicyclic) bond motifs is 1. The maximum absolute atomic E-state index is 13.2. The zero-order chi connectivity index (χ0) is 21.8. The molecule has 4 rings (SSSR count). The van der Waals surface area contributed by atoms with Crippen LogP contribution in [0.25, 0.3) is 10.9 Å². The van der Waals surface area contributed by atoms with Crippen LogP contribution in [0.5, 0.6) is 0 Å². The first-order valence-electron chi connectivity index (χ1n) is 10.6. The highest BCUT2D eigenvalue weighted by Crippen LogP contribution is 2.25. The topological polar surface area (TPSA) is 64.4 Å². The molecule has 0 unspecified atom stereocenters. The smallest absolute Gasteiger partial charge is 0.262 e. The largest absolute Gasteiger partial charge is 0.376 e. The predicted molar refractivity (Wildman–Crippen MR) is 123 cm³/mol. The summed E-state index contributed by atoms with van der Waals surface area (Å²) in [6, 6.07) is 17.3. The molecule has 0 spiro atoms. The lowest BCUT2D eigenvalue weighted by atomic mass is 10.2. The molecule has 1 aliphatic rings. The van der Waals surface area contributed by atoms with E-state index in [-0.39, 0.29) is 22.8 Å². The Morgan fingerprint density at radius 2 is 1.97 bits per heavy atom. The lowest BCUT2D eigenvalue weighted by Gasteiger charge is -2.22. The first-order chi connectivity index (χ1) is 15.0. The zero-order valence-corrected chi connectivity index (χ0v) is 18.7. The molecule has 2 heterocycles. The Morgan fingerprint density at radius 3 is 2.71 bits per heavy atom. The normalized spacial score (nSPS) is 17.0. The Balaban J connectivity index is 1.58. The number of rotatable bonds is 7. The van der Waals surface area contributed by atoms with Crippen LogP contribution in [0.15, 0.2) is 64.5 Å². The number of ether oxygens (including phenoxy) is 1. The maximum Gasteiger partial charge on any atom is 0.262 e. The van der Waals surface area contributed by atoms with Gasteiger partial charge < -0.3 is 9.64 Å². The van der Waals surface area contributed by atoms with Gasteiger partial charge in [0.05, 0.1) is 28.8 Å². The second kappa shape index (κ2) is 9.66. The minimum atomic E-state index is -0.377. The molecule has 2 atom stereocenters. The van der Waals surface area contributed by atoms with Crippen LogP contribution in [-0.2, 0) is 22.6 Å². The highest BCUT2D eigenvalue weighted by Gasteiger charge is 2.24. The summed E-state index contributed by atoms with van der Waals surface area (Å²) in [5, 5.41) is 0.774. The van der Waals surface area contributed by atoms with Crippen molar-refractivity contribution in [3.63, 3.8) is 0 Å². The summed E-state index contributed by atoms with van der Waals surface area (Å²) < 4.78 is 7.45. The summed E-state index contributed by atoms with van der Waals surface area (Å²) in [6.07, 6.45) is 1.94. The van der Waals surface area contributed by atoms with Crippen LogP contribution in [-0.4, -0.2) is 45.4 Å². The van der Waals surface area contributed by atoms with E-state index in [9.17, 15) is 9.59 Å². The second-order valence-corrected chi connectivity index (χ2v) is 9.21. The van der Waals surface area contributed by atoms with Crippen LogP contribution >= 0.6 is 11.8 Å². The van der Waals surface area contributed by atoms with Gasteiger partial charge in [0.15, 0.2) is 5.16 Å². The van der Waals surface area contributed by atoms with Crippen molar-refractivity contribution < 1.29 is 9.53 Å². The molecular weight excluding hydrogens is 410 g/mol. The van der Waals surface area contributed by atoms with E-state index in [1.54, 1.807) is 22.6 Å². The summed E-state index contributed by atoms with van der Waals surface area (Å²) in [6.45, 7) is 3.59. The van der Waals surface area contributed by atoms with Crippen molar-refractivity contribution >= 4 is 28.6 Å². The third-order valence-corrected chi connectivity index (χ3v) is 6.58. The van der Waals surface area contributed by atoms with Gasteiger partial charge in [-0.2, -0.15) is 0 Å². The number of carbonyl (C=O) groups is 1. The molecule has 1 saturated heterocycles. The van der Waals surface area contributed by atoms with Gasteiger partial charge in [-0.1, -0.05) is 54.2 Å². The molecular formula is C24H27N3O3S. The van der Waals surface area contributed by atoms with Crippen molar-refractivity contribution in [3.8, 4) is 0 Å². The minimum absolute atomic E-state index is 0.0000676. The molecule has 0 saturated carbocycles. The number of aromatic nitrogens is 2. The van der Waals surface area contributed by atoms with Crippen LogP contribution < -0.4 is 5.56 Å². The number of carbonyl (C=O) groups excluding carboxylic acids is 1. The Hall–Kier alpha value is -2.64. The van der Waals surface area contributed by atoms with Gasteiger partial charge in [0.25, 0.3) is 5.56 Å². The molecule has 0 N–H and O–H groups in total. The number of nitrogens with zero attached hydrogens (tertiary/aromatic N) is 3. The van der Waals surface area contributed by atoms with Crippen LogP contribution in [0.1, 0.15) is 25.3 Å². The molecule has 1 fully saturated rings. The summed E-state index contributed by atoms with van der Waals surface area (Å²) >= 11 is 1.33. The fourth-order valence-electron chi connectivity index (χ4n) is 3.84. The lowest BCUT2D eigenvalue weighted by molar-refractivity contribution is -0.129. The molecule has 1 aliphatic heterocycles. The summed E-state index contributed by atoms with van der Waals surface area (Å²) in [5.41, 5.74) is 1.64. The standard InChI is InChI=1S/C24H27N3O3S/c1-17(22(28)26(2)15-18-9-4-3-5-10-18)31-24-25-21-13-7-6-12-20(21)23(29)27(24)16-19-11-8-14-30-19/h3-7,9-10,12-13,17,19H,8,11,14-16H2,1-2H3/t17-,19-/m0/s1. The van der Waals surface area contributed by atoms with Crippen molar-refractivity contribution in [2.24, 2.45) is 0 Å². The molecule has 0 radical (unpaired) electrons. The van der Waals surface area contributed by atoms with E-state index in [1.807, 2.05) is 55.5 Å². The highest BCUT2D eigenvalue weighted by atomic mass is 32.2. The Labute approximate surface area is 186 Å². The molecule has 1 amide bonds. The average Bonchev–Trinajstić information content (AvgIpc) is 3.30. The first kappa shape index (κ1) is 21.6. The van der Waals surface area contributed by atoms with Crippen LogP contribution in [0.2, 0.25) is 0 Å². The molecule has 1 aromatic heterocycles. The quantitative estimate of drug-likeness (QED) is 0.416. The number of amides is 1. The molecule has 0 aliphatic carbocycles. The zero-order valence-electron chi connectivity index (χ0n) is 17.9. The highest BCUT2D eigenvalue weighted by molar-refractivity contribution is 8.00. The van der Waals surface area contributed by atoms with E-state index < -0.39 is 0 Å². The molecule has 162 valence electrons. The van der Waals surface area contributed by atoms with Crippen molar-refractivity contribution in [2.45, 2.75) is 49.4 Å². The fraction of sp³-hybridized carbons (Fsp3) is 0.375. The van der Waals surface area contributed by atoms with Gasteiger partial charge >= 0.3 is 0 Å². The number of benzene rings is 2. The monoisotopic (exact) mass is 437 g/mol. The van der Waals surface area contributed by atoms with Crippen LogP contribution in [0, 0.1) is 0 Å². The molecule has 3 aromatic rings. The Bertz CT molecular complexity index is 1110. The summed E-state index contributed by atoms with van der Waals surface area (Å²) in [7, 11) is 1.81. The van der Waals surface area contributed by atoms with Gasteiger partial charge in [-0.05, 0) is 37.5 Å². The molecule has 7 heteroatoms. The third kappa shape index (κ3) is 4.99. The fourth-order valence-corrected chi connectivity index (χ4v) is 4.88. The Morgan fingerprint density at radius 1 is 1.23 bits per heavy atom. The first-order valence-corrected chi connectivity index (χ1v) is 11.5. The lowest BCUT2D eigenvalue weighted by Crippen LogP contribution is -2.34. The Kier molecular flexibility index (Phi) is 6.73. The summed E-state index contributed by atoms with van der Waals surface area (Å²) in [4.78, 5) is 32.7. The van der Waals surface area contributed by atoms with Crippen molar-refractivity contribution in [3.05, 3.63) is 70.5 Å². The van der Waals surface area contributed by atoms with Crippen molar-refractivity contribution in [1.29, 1.82) is 0 Å². The van der Waals surface area contributed by atoms with Crippen LogP contribution in [0.3, 0.4) is 0 Å². The third-order valence-electron chi connectivity index (χ3n) is 5.51. The number of hydrogen-bond acceptors (Lipinski definition) is 5. The minimum Gasteiger partial charge on any atom is -0.376 e. The van der Waals surface area contributed by atoms with E-state index in [0.717, 1.165) is 25.0 Å². The van der Waals surface area contributed by atoms with Crippen LogP contribution in [0.4, 0.5) is 0 Å². The van der Waals surface area contributed by atoms with E-state index in [1.165, 1.54) is 11.8 Å². The second-order valence-electron chi connectivity index (χ2n) is 7.90. The molecule has 0 bridgehead atoms. The van der Waals surface area contributed by atoms with E-state index in [0.29, 0.717) is 29.1 Å². The summed E-state index contributed by atoms with van der Waals surface area (Å²) in [5.74, 6) is -0.0000676. The van der Waals surface area contributed by atoms with Gasteiger partial charge in [-0.15, -0.1) is 0 Å². The van der Waals surface area contributed by atoms with Crippen molar-refractivity contribution in [2.75, 3.05) is 13.7 Å². The average molecular weight is 438 g/mol. The molecule has 31 heavy (non-hydrogen) atoms. The van der Waals surface area contributed by atoms with E-state index in [2.05, 4.69) is 0 Å². The number of thioether (sulfide) groups is 1. The van der Waals surface area contributed by atoms with Gasteiger partial charge in [-0.3, -0.25) is 14.2 Å². The van der Waals surface area contributed by atoms with Crippen molar-refractivity contribution in [1.82, 2.24) is 14.5 Å². The van der Waals surface area contributed by atoms with Gasteiger partial charge in [0.2, 0.25) is 5.91 Å². The SMILES string of the molecule is C[C@H](Sc1nc2ccccc2c(=O)n1C[C@@H]1CCCO1)C(=O)N(C)Cc1ccccc1. The number of hydrogen-bond donors (Lipinski definition) is 0. The van der Waals surface area contributed by atoms with E-state index >= 15 is 0 Å².